The Morgan fingerprint density at radius 2 is 2.00 bits per heavy atom. The van der Waals surface area contributed by atoms with Gasteiger partial charge in [0.05, 0.1) is 16.7 Å². The Labute approximate surface area is 96.2 Å². The van der Waals surface area contributed by atoms with Gasteiger partial charge in [0.25, 0.3) is 0 Å². The lowest BCUT2D eigenvalue weighted by Crippen LogP contribution is -2.14. The minimum absolute atomic E-state index is 0.00127. The fourth-order valence-corrected chi connectivity index (χ4v) is 1.61. The van der Waals surface area contributed by atoms with Crippen LogP contribution in [-0.4, -0.2) is 11.1 Å². The van der Waals surface area contributed by atoms with Gasteiger partial charge in [-0.05, 0) is 12.1 Å². The predicted molar refractivity (Wildman–Crippen MR) is 50.8 cm³/mol. The van der Waals surface area contributed by atoms with E-state index in [1.165, 1.54) is 6.07 Å². The second-order valence-electron chi connectivity index (χ2n) is 2.79. The predicted octanol–water partition coefficient (Wildman–Crippen LogP) is 3.04. The Balaban J connectivity index is 3.66. The van der Waals surface area contributed by atoms with Crippen molar-refractivity contribution < 1.29 is 23.1 Å². The zero-order valence-corrected chi connectivity index (χ0v) is 9.06. The highest BCUT2D eigenvalue weighted by molar-refractivity contribution is 9.10. The Morgan fingerprint density at radius 3 is 2.38 bits per heavy atom. The average molecular weight is 294 g/mol. The van der Waals surface area contributed by atoms with E-state index in [9.17, 15) is 18.0 Å². The molecule has 1 aromatic rings. The van der Waals surface area contributed by atoms with E-state index in [1.807, 2.05) is 0 Å². The summed E-state index contributed by atoms with van der Waals surface area (Å²) in [7, 11) is 0. The van der Waals surface area contributed by atoms with Gasteiger partial charge in [-0.2, -0.15) is 18.4 Å². The molecule has 0 saturated heterocycles. The van der Waals surface area contributed by atoms with E-state index >= 15 is 0 Å². The molecule has 7 heteroatoms. The summed E-state index contributed by atoms with van der Waals surface area (Å²) in [5.74, 6) is -1.78. The van der Waals surface area contributed by atoms with Gasteiger partial charge in [0.1, 0.15) is 6.07 Å². The molecule has 0 atom stereocenters. The second kappa shape index (κ2) is 4.14. The number of hydrogen-bond acceptors (Lipinski definition) is 2. The molecule has 0 aliphatic rings. The molecule has 1 aromatic carbocycles. The Morgan fingerprint density at radius 1 is 1.44 bits per heavy atom. The molecule has 0 aromatic heterocycles. The molecule has 0 unspecified atom stereocenters. The van der Waals surface area contributed by atoms with Gasteiger partial charge in [0.15, 0.2) is 0 Å². The second-order valence-corrected chi connectivity index (χ2v) is 3.71. The minimum Gasteiger partial charge on any atom is -0.478 e. The lowest BCUT2D eigenvalue weighted by Gasteiger charge is -2.11. The number of aromatic carboxylic acids is 1. The number of carbonyl (C=O) groups is 1. The van der Waals surface area contributed by atoms with E-state index in [-0.39, 0.29) is 4.47 Å². The molecule has 0 aliphatic heterocycles. The number of halogens is 4. The number of carboxylic acids is 1. The molecule has 3 nitrogen and oxygen atoms in total. The van der Waals surface area contributed by atoms with Crippen LogP contribution in [-0.2, 0) is 6.18 Å². The maximum absolute atomic E-state index is 12.5. The third-order valence-corrected chi connectivity index (χ3v) is 2.20. The van der Waals surface area contributed by atoms with E-state index in [0.717, 1.165) is 6.07 Å². The highest BCUT2D eigenvalue weighted by atomic mass is 79.9. The summed E-state index contributed by atoms with van der Waals surface area (Å²) in [5, 5.41) is 17.2. The largest absolute Gasteiger partial charge is 0.478 e. The third-order valence-electron chi connectivity index (χ3n) is 1.74. The van der Waals surface area contributed by atoms with Crippen molar-refractivity contribution in [1.29, 1.82) is 5.26 Å². The van der Waals surface area contributed by atoms with Crippen molar-refractivity contribution in [3.05, 3.63) is 33.3 Å². The van der Waals surface area contributed by atoms with Crippen LogP contribution >= 0.6 is 15.9 Å². The number of benzene rings is 1. The summed E-state index contributed by atoms with van der Waals surface area (Å²) in [4.78, 5) is 10.7. The number of alkyl halides is 3. The zero-order valence-electron chi connectivity index (χ0n) is 7.47. The van der Waals surface area contributed by atoms with Crippen LogP contribution in [0.2, 0.25) is 0 Å². The fraction of sp³-hybridized carbons (Fsp3) is 0.111. The van der Waals surface area contributed by atoms with Crippen molar-refractivity contribution in [2.75, 3.05) is 0 Å². The van der Waals surface area contributed by atoms with Crippen LogP contribution in [0, 0.1) is 11.3 Å². The SMILES string of the molecule is N#Cc1cc(Br)cc(C(F)(F)F)c1C(=O)O. The first-order chi connectivity index (χ1) is 7.27. The summed E-state index contributed by atoms with van der Waals surface area (Å²) in [6, 6.07) is 3.08. The highest BCUT2D eigenvalue weighted by Gasteiger charge is 2.37. The maximum Gasteiger partial charge on any atom is 0.417 e. The topological polar surface area (TPSA) is 61.1 Å². The molecule has 0 spiro atoms. The van der Waals surface area contributed by atoms with Gasteiger partial charge >= 0.3 is 12.1 Å². The highest BCUT2D eigenvalue weighted by Crippen LogP contribution is 2.35. The standard InChI is InChI=1S/C9H3BrF3NO2/c10-5-1-4(3-14)7(8(15)16)6(2-5)9(11,12)13/h1-2H,(H,15,16). The van der Waals surface area contributed by atoms with Crippen molar-refractivity contribution in [1.82, 2.24) is 0 Å². The van der Waals surface area contributed by atoms with E-state index in [1.54, 1.807) is 0 Å². The Kier molecular flexibility index (Phi) is 3.24. The number of nitriles is 1. The Hall–Kier alpha value is -1.55. The molecule has 0 fully saturated rings. The summed E-state index contributed by atoms with van der Waals surface area (Å²) in [6.07, 6.45) is -4.82. The number of nitrogens with zero attached hydrogens (tertiary/aromatic N) is 1. The molecule has 0 aliphatic carbocycles. The molecule has 0 heterocycles. The van der Waals surface area contributed by atoms with Gasteiger partial charge in [0, 0.05) is 4.47 Å². The monoisotopic (exact) mass is 293 g/mol. The number of rotatable bonds is 1. The fourth-order valence-electron chi connectivity index (χ4n) is 1.15. The lowest BCUT2D eigenvalue weighted by molar-refractivity contribution is -0.138. The summed E-state index contributed by atoms with van der Waals surface area (Å²) < 4.78 is 37.5. The van der Waals surface area contributed by atoms with Crippen LogP contribution in [0.4, 0.5) is 13.2 Å². The first kappa shape index (κ1) is 12.5. The number of carboxylic acid groups (broad SMARTS) is 1. The van der Waals surface area contributed by atoms with Crippen LogP contribution in [0.3, 0.4) is 0 Å². The molecule has 1 rings (SSSR count). The van der Waals surface area contributed by atoms with Gasteiger partial charge in [-0.25, -0.2) is 4.79 Å². The average Bonchev–Trinajstić information content (AvgIpc) is 2.14. The van der Waals surface area contributed by atoms with Crippen LogP contribution in [0.15, 0.2) is 16.6 Å². The Bertz CT molecular complexity index is 491. The van der Waals surface area contributed by atoms with Crippen LogP contribution in [0.25, 0.3) is 0 Å². The summed E-state index contributed by atoms with van der Waals surface area (Å²) >= 11 is 2.79. The first-order valence-corrected chi connectivity index (χ1v) is 4.60. The van der Waals surface area contributed by atoms with Crippen LogP contribution < -0.4 is 0 Å². The first-order valence-electron chi connectivity index (χ1n) is 3.81. The minimum atomic E-state index is -4.82. The molecule has 0 saturated carbocycles. The zero-order chi connectivity index (χ0) is 12.5. The van der Waals surface area contributed by atoms with E-state index in [0.29, 0.717) is 6.07 Å². The van der Waals surface area contributed by atoms with Crippen molar-refractivity contribution in [3.8, 4) is 6.07 Å². The normalized spacial score (nSPS) is 10.9. The number of hydrogen-bond donors (Lipinski definition) is 1. The molecular formula is C9H3BrF3NO2. The van der Waals surface area contributed by atoms with E-state index in [4.69, 9.17) is 10.4 Å². The van der Waals surface area contributed by atoms with Crippen LogP contribution in [0.1, 0.15) is 21.5 Å². The van der Waals surface area contributed by atoms with E-state index in [2.05, 4.69) is 15.9 Å². The van der Waals surface area contributed by atoms with Crippen molar-refractivity contribution in [2.24, 2.45) is 0 Å². The van der Waals surface area contributed by atoms with Gasteiger partial charge in [-0.3, -0.25) is 0 Å². The molecule has 84 valence electrons. The molecule has 1 N–H and O–H groups in total. The quantitative estimate of drug-likeness (QED) is 0.866. The smallest absolute Gasteiger partial charge is 0.417 e. The van der Waals surface area contributed by atoms with Crippen molar-refractivity contribution in [2.45, 2.75) is 6.18 Å². The van der Waals surface area contributed by atoms with Gasteiger partial charge in [0.2, 0.25) is 0 Å². The maximum atomic E-state index is 12.5. The summed E-state index contributed by atoms with van der Waals surface area (Å²) in [6.45, 7) is 0. The van der Waals surface area contributed by atoms with Gasteiger partial charge in [-0.15, -0.1) is 0 Å². The van der Waals surface area contributed by atoms with Gasteiger partial charge < -0.3 is 5.11 Å². The molecule has 16 heavy (non-hydrogen) atoms. The third kappa shape index (κ3) is 2.33. The summed E-state index contributed by atoms with van der Waals surface area (Å²) in [5.41, 5.74) is -2.90. The van der Waals surface area contributed by atoms with Crippen LogP contribution in [0.5, 0.6) is 0 Å². The van der Waals surface area contributed by atoms with Gasteiger partial charge in [-0.1, -0.05) is 15.9 Å². The van der Waals surface area contributed by atoms with Crippen molar-refractivity contribution >= 4 is 21.9 Å². The van der Waals surface area contributed by atoms with Crippen molar-refractivity contribution in [3.63, 3.8) is 0 Å². The molecule has 0 bridgehead atoms. The van der Waals surface area contributed by atoms with E-state index < -0.39 is 28.8 Å². The lowest BCUT2D eigenvalue weighted by atomic mass is 10.0. The molecule has 0 radical (unpaired) electrons. The molecular weight excluding hydrogens is 291 g/mol. The molecule has 0 amide bonds.